The second-order valence-corrected chi connectivity index (χ2v) is 4.00. The molecule has 2 rings (SSSR count). The van der Waals surface area contributed by atoms with Crippen LogP contribution in [0.4, 0.5) is 0 Å². The molecule has 14 heavy (non-hydrogen) atoms. The molecule has 0 aromatic carbocycles. The van der Waals surface area contributed by atoms with E-state index in [1.165, 1.54) is 12.8 Å². The highest BCUT2D eigenvalue weighted by molar-refractivity contribution is 6.31. The van der Waals surface area contributed by atoms with E-state index in [4.69, 9.17) is 16.3 Å². The second-order valence-electron chi connectivity index (χ2n) is 3.64. The monoisotopic (exact) mass is 214 g/mol. The Bertz CT molecular complexity index is 305. The van der Waals surface area contributed by atoms with Gasteiger partial charge in [-0.15, -0.1) is 0 Å². The Hall–Kier alpha value is -0.700. The summed E-state index contributed by atoms with van der Waals surface area (Å²) in [6.45, 7) is 2.80. The Morgan fingerprint density at radius 3 is 2.86 bits per heavy atom. The zero-order valence-electron chi connectivity index (χ0n) is 8.37. The number of hydrogen-bond acceptors (Lipinski definition) is 2. The number of aromatic nitrogens is 2. The fourth-order valence-corrected chi connectivity index (χ4v) is 2.10. The van der Waals surface area contributed by atoms with Crippen LogP contribution in [0, 0.1) is 0 Å². The maximum Gasteiger partial charge on any atom is 0.176 e. The number of hydrogen-bond donors (Lipinski definition) is 0. The smallest absolute Gasteiger partial charge is 0.176 e. The topological polar surface area (TPSA) is 27.1 Å². The lowest BCUT2D eigenvalue weighted by molar-refractivity contribution is 0.210. The number of aryl methyl sites for hydroxylation is 1. The molecule has 3 nitrogen and oxygen atoms in total. The number of ether oxygens (including phenoxy) is 1. The van der Waals surface area contributed by atoms with Gasteiger partial charge in [0.15, 0.2) is 10.9 Å². The Morgan fingerprint density at radius 2 is 2.29 bits per heavy atom. The van der Waals surface area contributed by atoms with E-state index in [-0.39, 0.29) is 0 Å². The lowest BCUT2D eigenvalue weighted by Gasteiger charge is -2.11. The van der Waals surface area contributed by atoms with Gasteiger partial charge in [0.25, 0.3) is 0 Å². The van der Waals surface area contributed by atoms with Crippen LogP contribution in [0.3, 0.4) is 0 Å². The molecule has 4 heteroatoms. The molecule has 0 N–H and O–H groups in total. The molecule has 1 aromatic heterocycles. The fourth-order valence-electron chi connectivity index (χ4n) is 1.84. The molecule has 1 saturated carbocycles. The molecule has 0 bridgehead atoms. The Balaban J connectivity index is 2.04. The standard InChI is InChI=1S/C10H15ClN2O/c1-2-13-10(11)9(7-12-13)14-8-5-3-4-6-8/h7-8H,2-6H2,1H3. The first-order chi connectivity index (χ1) is 6.81. The molecule has 0 atom stereocenters. The lowest BCUT2D eigenvalue weighted by atomic mass is 10.3. The first-order valence-corrected chi connectivity index (χ1v) is 5.57. The molecular weight excluding hydrogens is 200 g/mol. The summed E-state index contributed by atoms with van der Waals surface area (Å²) in [5.41, 5.74) is 0. The van der Waals surface area contributed by atoms with Crippen molar-refractivity contribution in [3.63, 3.8) is 0 Å². The predicted molar refractivity (Wildman–Crippen MR) is 55.8 cm³/mol. The summed E-state index contributed by atoms with van der Waals surface area (Å²) in [5.74, 6) is 0.736. The van der Waals surface area contributed by atoms with Crippen molar-refractivity contribution >= 4 is 11.6 Å². The lowest BCUT2D eigenvalue weighted by Crippen LogP contribution is -2.10. The van der Waals surface area contributed by atoms with Gasteiger partial charge in [-0.1, -0.05) is 11.6 Å². The SMILES string of the molecule is CCn1ncc(OC2CCCC2)c1Cl. The Kier molecular flexibility index (Phi) is 2.96. The average Bonchev–Trinajstić information content (AvgIpc) is 2.79. The second kappa shape index (κ2) is 4.22. The maximum atomic E-state index is 6.08. The van der Waals surface area contributed by atoms with Crippen molar-refractivity contribution in [1.82, 2.24) is 9.78 Å². The number of nitrogens with zero attached hydrogens (tertiary/aromatic N) is 2. The van der Waals surface area contributed by atoms with Gasteiger partial charge in [0.2, 0.25) is 0 Å². The molecule has 0 amide bonds. The Morgan fingerprint density at radius 1 is 1.57 bits per heavy atom. The molecule has 0 saturated heterocycles. The molecule has 0 spiro atoms. The first kappa shape index (κ1) is 9.84. The molecule has 78 valence electrons. The zero-order valence-corrected chi connectivity index (χ0v) is 9.13. The van der Waals surface area contributed by atoms with Crippen LogP contribution in [0.25, 0.3) is 0 Å². The number of halogens is 1. The van der Waals surface area contributed by atoms with Crippen LogP contribution in [-0.2, 0) is 6.54 Å². The van der Waals surface area contributed by atoms with E-state index in [2.05, 4.69) is 5.10 Å². The molecule has 0 aliphatic heterocycles. The molecule has 1 aliphatic carbocycles. The van der Waals surface area contributed by atoms with Crippen molar-refractivity contribution in [2.24, 2.45) is 0 Å². The highest BCUT2D eigenvalue weighted by Gasteiger charge is 2.19. The summed E-state index contributed by atoms with van der Waals surface area (Å²) in [7, 11) is 0. The summed E-state index contributed by atoms with van der Waals surface area (Å²) in [5, 5.41) is 4.76. The average molecular weight is 215 g/mol. The highest BCUT2D eigenvalue weighted by Crippen LogP contribution is 2.29. The van der Waals surface area contributed by atoms with Crippen LogP contribution >= 0.6 is 11.6 Å². The van der Waals surface area contributed by atoms with Gasteiger partial charge in [0.1, 0.15) is 0 Å². The quantitative estimate of drug-likeness (QED) is 0.774. The minimum atomic E-state index is 0.349. The van der Waals surface area contributed by atoms with Gasteiger partial charge in [0, 0.05) is 6.54 Å². The molecular formula is C10H15ClN2O. The van der Waals surface area contributed by atoms with Gasteiger partial charge in [-0.25, -0.2) is 0 Å². The van der Waals surface area contributed by atoms with Crippen LogP contribution in [0.15, 0.2) is 6.20 Å². The molecule has 0 radical (unpaired) electrons. The fraction of sp³-hybridized carbons (Fsp3) is 0.700. The van der Waals surface area contributed by atoms with Crippen LogP contribution < -0.4 is 4.74 Å². The van der Waals surface area contributed by atoms with Crippen molar-refractivity contribution in [3.05, 3.63) is 11.3 Å². The van der Waals surface area contributed by atoms with Crippen LogP contribution in [0.2, 0.25) is 5.15 Å². The van der Waals surface area contributed by atoms with E-state index >= 15 is 0 Å². The highest BCUT2D eigenvalue weighted by atomic mass is 35.5. The molecule has 1 heterocycles. The van der Waals surface area contributed by atoms with Crippen molar-refractivity contribution in [2.45, 2.75) is 45.3 Å². The molecule has 1 aromatic rings. The minimum absolute atomic E-state index is 0.349. The van der Waals surface area contributed by atoms with Crippen molar-refractivity contribution in [2.75, 3.05) is 0 Å². The van der Waals surface area contributed by atoms with Crippen molar-refractivity contribution in [3.8, 4) is 5.75 Å². The third kappa shape index (κ3) is 1.87. The summed E-state index contributed by atoms with van der Waals surface area (Å²) in [6, 6.07) is 0. The van der Waals surface area contributed by atoms with Crippen molar-refractivity contribution < 1.29 is 4.74 Å². The van der Waals surface area contributed by atoms with E-state index in [9.17, 15) is 0 Å². The van der Waals surface area contributed by atoms with Crippen LogP contribution in [0.5, 0.6) is 5.75 Å². The van der Waals surface area contributed by atoms with Gasteiger partial charge in [-0.3, -0.25) is 4.68 Å². The largest absolute Gasteiger partial charge is 0.486 e. The molecule has 0 unspecified atom stereocenters. The summed E-state index contributed by atoms with van der Waals surface area (Å²) < 4.78 is 7.52. The van der Waals surface area contributed by atoms with Crippen LogP contribution in [0.1, 0.15) is 32.6 Å². The minimum Gasteiger partial charge on any atom is -0.486 e. The first-order valence-electron chi connectivity index (χ1n) is 5.19. The summed E-state index contributed by atoms with van der Waals surface area (Å²) >= 11 is 6.08. The molecule has 1 aliphatic rings. The van der Waals surface area contributed by atoms with E-state index in [0.29, 0.717) is 11.3 Å². The molecule has 1 fully saturated rings. The number of rotatable bonds is 3. The van der Waals surface area contributed by atoms with Gasteiger partial charge in [-0.2, -0.15) is 5.10 Å². The third-order valence-corrected chi connectivity index (χ3v) is 3.02. The van der Waals surface area contributed by atoms with Gasteiger partial charge < -0.3 is 4.74 Å². The van der Waals surface area contributed by atoms with Gasteiger partial charge in [0.05, 0.1) is 12.3 Å². The zero-order chi connectivity index (χ0) is 9.97. The van der Waals surface area contributed by atoms with Crippen molar-refractivity contribution in [1.29, 1.82) is 0 Å². The normalized spacial score (nSPS) is 17.6. The van der Waals surface area contributed by atoms with E-state index in [1.807, 2.05) is 6.92 Å². The Labute approximate surface area is 89.0 Å². The maximum absolute atomic E-state index is 6.08. The third-order valence-electron chi connectivity index (χ3n) is 2.64. The van der Waals surface area contributed by atoms with E-state index in [0.717, 1.165) is 25.1 Å². The van der Waals surface area contributed by atoms with Gasteiger partial charge >= 0.3 is 0 Å². The van der Waals surface area contributed by atoms with Gasteiger partial charge in [-0.05, 0) is 32.6 Å². The summed E-state index contributed by atoms with van der Waals surface area (Å²) in [6.07, 6.45) is 6.89. The van der Waals surface area contributed by atoms with E-state index in [1.54, 1.807) is 10.9 Å². The predicted octanol–water partition coefficient (Wildman–Crippen LogP) is 2.88. The van der Waals surface area contributed by atoms with E-state index < -0.39 is 0 Å². The van der Waals surface area contributed by atoms with Crippen LogP contribution in [-0.4, -0.2) is 15.9 Å². The summed E-state index contributed by atoms with van der Waals surface area (Å²) in [4.78, 5) is 0.